The number of nitrogens with zero attached hydrogens (tertiary/aromatic N) is 2. The number of benzene rings is 1. The molecule has 1 saturated heterocycles. The van der Waals surface area contributed by atoms with E-state index >= 15 is 0 Å². The lowest BCUT2D eigenvalue weighted by Gasteiger charge is -2.05. The number of thioether (sulfide) groups is 1. The van der Waals surface area contributed by atoms with Crippen molar-refractivity contribution in [3.05, 3.63) is 28.0 Å². The molecule has 1 N–H and O–H groups in total. The van der Waals surface area contributed by atoms with E-state index in [9.17, 15) is 9.18 Å². The Kier molecular flexibility index (Phi) is 4.54. The van der Waals surface area contributed by atoms with E-state index in [1.807, 2.05) is 0 Å². The molecule has 0 atom stereocenters. The monoisotopic (exact) mass is 345 g/mol. The maximum Gasteiger partial charge on any atom is 0.236 e. The second-order valence-corrected chi connectivity index (χ2v) is 5.31. The molecule has 8 heteroatoms. The van der Waals surface area contributed by atoms with Gasteiger partial charge in [-0.1, -0.05) is 11.8 Å². The number of amides is 1. The van der Waals surface area contributed by atoms with E-state index < -0.39 is 5.82 Å². The van der Waals surface area contributed by atoms with Crippen LogP contribution in [0.3, 0.4) is 0 Å². The predicted octanol–water partition coefficient (Wildman–Crippen LogP) is 2.15. The van der Waals surface area contributed by atoms with Gasteiger partial charge in [0.05, 0.1) is 23.5 Å². The van der Waals surface area contributed by atoms with Crippen molar-refractivity contribution in [3.8, 4) is 5.75 Å². The zero-order chi connectivity index (χ0) is 13.8. The smallest absolute Gasteiger partial charge is 0.236 e. The Morgan fingerprint density at radius 3 is 3.00 bits per heavy atom. The van der Waals surface area contributed by atoms with Gasteiger partial charge in [0, 0.05) is 5.56 Å². The van der Waals surface area contributed by atoms with Gasteiger partial charge < -0.3 is 10.1 Å². The summed E-state index contributed by atoms with van der Waals surface area (Å²) in [6, 6.07) is 2.79. The van der Waals surface area contributed by atoms with Gasteiger partial charge >= 0.3 is 0 Å². The molecule has 1 amide bonds. The molecule has 19 heavy (non-hydrogen) atoms. The fraction of sp³-hybridized carbons (Fsp3) is 0.182. The maximum absolute atomic E-state index is 13.4. The molecule has 1 aliphatic heterocycles. The number of ether oxygens (including phenoxy) is 1. The molecule has 100 valence electrons. The lowest BCUT2D eigenvalue weighted by atomic mass is 10.2. The van der Waals surface area contributed by atoms with Gasteiger partial charge in [-0.05, 0) is 28.1 Å². The molecule has 1 aromatic rings. The number of methoxy groups -OCH3 is 1. The summed E-state index contributed by atoms with van der Waals surface area (Å²) in [5, 5.41) is 10.6. The number of hydrogen-bond donors (Lipinski definition) is 1. The molecule has 5 nitrogen and oxygen atoms in total. The van der Waals surface area contributed by atoms with Crippen molar-refractivity contribution in [3.63, 3.8) is 0 Å². The summed E-state index contributed by atoms with van der Waals surface area (Å²) in [5.41, 5.74) is 0.460. The Balaban J connectivity index is 2.18. The Morgan fingerprint density at radius 2 is 2.37 bits per heavy atom. The zero-order valence-corrected chi connectivity index (χ0v) is 12.2. The Labute approximate surface area is 121 Å². The SMILES string of the molecule is COc1cc(Br)c(F)cc1C=NN=C1NC(=O)CS1. The Bertz CT molecular complexity index is 577. The van der Waals surface area contributed by atoms with Gasteiger partial charge in [-0.15, -0.1) is 5.10 Å². The Morgan fingerprint density at radius 1 is 1.58 bits per heavy atom. The van der Waals surface area contributed by atoms with E-state index in [1.165, 1.54) is 37.2 Å². The molecule has 1 aliphatic rings. The van der Waals surface area contributed by atoms with Crippen LogP contribution in [0, 0.1) is 5.82 Å². The molecular weight excluding hydrogens is 337 g/mol. The van der Waals surface area contributed by atoms with Crippen LogP contribution in [-0.4, -0.2) is 30.2 Å². The molecule has 0 spiro atoms. The third-order valence-corrected chi connectivity index (χ3v) is 3.68. The molecule has 0 radical (unpaired) electrons. The van der Waals surface area contributed by atoms with Crippen LogP contribution in [0.5, 0.6) is 5.75 Å². The number of rotatable bonds is 3. The molecule has 0 aromatic heterocycles. The lowest BCUT2D eigenvalue weighted by molar-refractivity contribution is -0.116. The third kappa shape index (κ3) is 3.54. The van der Waals surface area contributed by atoms with E-state index in [0.717, 1.165) is 0 Å². The quantitative estimate of drug-likeness (QED) is 0.674. The summed E-state index contributed by atoms with van der Waals surface area (Å²) in [6.45, 7) is 0. The fourth-order valence-electron chi connectivity index (χ4n) is 1.34. The summed E-state index contributed by atoms with van der Waals surface area (Å²) < 4.78 is 18.8. The zero-order valence-electron chi connectivity index (χ0n) is 9.81. The summed E-state index contributed by atoms with van der Waals surface area (Å²) in [7, 11) is 1.48. The maximum atomic E-state index is 13.4. The minimum absolute atomic E-state index is 0.105. The molecule has 1 heterocycles. The largest absolute Gasteiger partial charge is 0.496 e. The Hall–Kier alpha value is -1.41. The summed E-state index contributed by atoms with van der Waals surface area (Å²) in [5.74, 6) is 0.287. The molecule has 0 unspecified atom stereocenters. The van der Waals surface area contributed by atoms with Crippen LogP contribution in [0.4, 0.5) is 4.39 Å². The molecule has 1 fully saturated rings. The van der Waals surface area contributed by atoms with Crippen molar-refractivity contribution in [2.24, 2.45) is 10.2 Å². The first-order chi connectivity index (χ1) is 9.10. The number of carbonyl (C=O) groups is 1. The molecule has 1 aromatic carbocycles. The average molecular weight is 346 g/mol. The van der Waals surface area contributed by atoms with Crippen LogP contribution in [0.25, 0.3) is 0 Å². The van der Waals surface area contributed by atoms with E-state index in [1.54, 1.807) is 0 Å². The van der Waals surface area contributed by atoms with Crippen molar-refractivity contribution in [2.45, 2.75) is 0 Å². The number of amidine groups is 1. The van der Waals surface area contributed by atoms with E-state index in [0.29, 0.717) is 26.7 Å². The van der Waals surface area contributed by atoms with Crippen molar-refractivity contribution in [1.29, 1.82) is 0 Å². The van der Waals surface area contributed by atoms with Crippen LogP contribution in [0.15, 0.2) is 26.8 Å². The first-order valence-corrected chi connectivity index (χ1v) is 6.94. The minimum atomic E-state index is -0.418. The first kappa shape index (κ1) is 14.0. The van der Waals surface area contributed by atoms with Crippen LogP contribution < -0.4 is 10.1 Å². The fourth-order valence-corrected chi connectivity index (χ4v) is 2.30. The number of halogens is 2. The van der Waals surface area contributed by atoms with Gasteiger partial charge in [-0.3, -0.25) is 4.79 Å². The second kappa shape index (κ2) is 6.16. The van der Waals surface area contributed by atoms with E-state index in [2.05, 4.69) is 31.4 Å². The number of nitrogens with one attached hydrogen (secondary N) is 1. The normalized spacial score (nSPS) is 17.2. The van der Waals surface area contributed by atoms with Gasteiger partial charge in [0.1, 0.15) is 11.6 Å². The van der Waals surface area contributed by atoms with Gasteiger partial charge in [0.2, 0.25) is 5.91 Å². The van der Waals surface area contributed by atoms with E-state index in [4.69, 9.17) is 4.74 Å². The second-order valence-electron chi connectivity index (χ2n) is 3.49. The highest BCUT2D eigenvalue weighted by Gasteiger charge is 2.16. The molecule has 2 rings (SSSR count). The first-order valence-electron chi connectivity index (χ1n) is 5.17. The van der Waals surface area contributed by atoms with Crippen molar-refractivity contribution >= 4 is 45.0 Å². The number of carbonyl (C=O) groups excluding carboxylic acids is 1. The standard InChI is InChI=1S/C11H9BrFN3O2S/c1-18-9-3-7(12)8(13)2-6(9)4-14-16-11-15-10(17)5-19-11/h2-4H,5H2,1H3,(H,15,16,17). The highest BCUT2D eigenvalue weighted by molar-refractivity contribution is 9.10. The van der Waals surface area contributed by atoms with Crippen molar-refractivity contribution < 1.29 is 13.9 Å². The molecule has 0 aliphatic carbocycles. The van der Waals surface area contributed by atoms with E-state index in [-0.39, 0.29) is 5.91 Å². The third-order valence-electron chi connectivity index (χ3n) is 2.20. The number of hydrogen-bond acceptors (Lipinski definition) is 5. The van der Waals surface area contributed by atoms with Crippen LogP contribution in [0.2, 0.25) is 0 Å². The summed E-state index contributed by atoms with van der Waals surface area (Å²) in [4.78, 5) is 10.9. The van der Waals surface area contributed by atoms with Crippen molar-refractivity contribution in [2.75, 3.05) is 12.9 Å². The minimum Gasteiger partial charge on any atom is -0.496 e. The topological polar surface area (TPSA) is 63.1 Å². The van der Waals surface area contributed by atoms with Crippen LogP contribution in [-0.2, 0) is 4.79 Å². The van der Waals surface area contributed by atoms with Gasteiger partial charge in [0.15, 0.2) is 5.17 Å². The van der Waals surface area contributed by atoms with Crippen LogP contribution in [0.1, 0.15) is 5.56 Å². The molecular formula is C11H9BrFN3O2S. The lowest BCUT2D eigenvalue weighted by Crippen LogP contribution is -2.19. The highest BCUT2D eigenvalue weighted by atomic mass is 79.9. The van der Waals surface area contributed by atoms with Gasteiger partial charge in [-0.25, -0.2) is 4.39 Å². The van der Waals surface area contributed by atoms with Gasteiger partial charge in [-0.2, -0.15) is 5.10 Å². The van der Waals surface area contributed by atoms with Crippen LogP contribution >= 0.6 is 27.7 Å². The molecule has 0 saturated carbocycles. The molecule has 0 bridgehead atoms. The highest BCUT2D eigenvalue weighted by Crippen LogP contribution is 2.25. The van der Waals surface area contributed by atoms with Crippen molar-refractivity contribution in [1.82, 2.24) is 5.32 Å². The summed E-state index contributed by atoms with van der Waals surface area (Å²) >= 11 is 4.34. The summed E-state index contributed by atoms with van der Waals surface area (Å²) in [6.07, 6.45) is 1.37. The predicted molar refractivity (Wildman–Crippen MR) is 76.3 cm³/mol. The average Bonchev–Trinajstić information content (AvgIpc) is 2.79. The van der Waals surface area contributed by atoms with Gasteiger partial charge in [0.25, 0.3) is 0 Å².